The lowest BCUT2D eigenvalue weighted by atomic mass is 10.1. The van der Waals surface area contributed by atoms with Gasteiger partial charge in [0.15, 0.2) is 0 Å². The Balaban J connectivity index is 1.62. The Bertz CT molecular complexity index is 1400. The zero-order valence-corrected chi connectivity index (χ0v) is 18.8. The number of tetrazole rings is 1. The van der Waals surface area contributed by atoms with Gasteiger partial charge in [0.25, 0.3) is 0 Å². The number of halogens is 3. The van der Waals surface area contributed by atoms with E-state index in [0.717, 1.165) is 20.1 Å². The Hall–Kier alpha value is -4.09. The van der Waals surface area contributed by atoms with Crippen molar-refractivity contribution in [3.05, 3.63) is 69.8 Å². The highest BCUT2D eigenvalue weighted by molar-refractivity contribution is 5.62. The fourth-order valence-electron chi connectivity index (χ4n) is 3.55. The molecule has 178 valence electrons. The van der Waals surface area contributed by atoms with E-state index in [9.17, 15) is 18.0 Å². The molecule has 0 aliphatic heterocycles. The van der Waals surface area contributed by atoms with E-state index in [1.807, 2.05) is 0 Å². The maximum absolute atomic E-state index is 13.1. The van der Waals surface area contributed by atoms with Gasteiger partial charge in [-0.2, -0.15) is 27.6 Å². The smallest absolute Gasteiger partial charge is 0.433 e. The van der Waals surface area contributed by atoms with Crippen molar-refractivity contribution in [3.8, 4) is 28.4 Å². The van der Waals surface area contributed by atoms with Crippen LogP contribution in [0.4, 0.5) is 13.2 Å². The molecule has 0 spiro atoms. The van der Waals surface area contributed by atoms with Gasteiger partial charge in [-0.3, -0.25) is 4.68 Å². The van der Waals surface area contributed by atoms with Gasteiger partial charge in [0.1, 0.15) is 23.8 Å². The van der Waals surface area contributed by atoms with Crippen LogP contribution in [0.1, 0.15) is 16.8 Å². The van der Waals surface area contributed by atoms with Crippen molar-refractivity contribution in [1.82, 2.24) is 29.6 Å². The monoisotopic (exact) mass is 474 g/mol. The summed E-state index contributed by atoms with van der Waals surface area (Å²) in [7, 11) is 4.25. The van der Waals surface area contributed by atoms with E-state index in [4.69, 9.17) is 9.47 Å². The van der Waals surface area contributed by atoms with E-state index >= 15 is 0 Å². The molecule has 0 N–H and O–H groups in total. The van der Waals surface area contributed by atoms with E-state index in [2.05, 4.69) is 15.5 Å². The average Bonchev–Trinajstić information content (AvgIpc) is 3.35. The summed E-state index contributed by atoms with van der Waals surface area (Å²) in [6, 6.07) is 11.2. The maximum Gasteiger partial charge on any atom is 0.433 e. The van der Waals surface area contributed by atoms with Crippen molar-refractivity contribution < 1.29 is 22.6 Å². The van der Waals surface area contributed by atoms with Crippen molar-refractivity contribution in [3.63, 3.8) is 0 Å². The van der Waals surface area contributed by atoms with Crippen LogP contribution in [0.2, 0.25) is 0 Å². The molecule has 0 fully saturated rings. The topological polar surface area (TPSA) is 89.0 Å². The standard InChI is InChI=1S/C22H21F3N6O3/c1-13-10-14(16-11-20(22(23,24)25)29(2)26-16)8-9-18(13)34-12-15-17(6-5-7-19(15)33-4)31-21(32)30(3)27-28-31/h5-11H,12H2,1-4H3. The van der Waals surface area contributed by atoms with Crippen molar-refractivity contribution in [2.24, 2.45) is 14.1 Å². The van der Waals surface area contributed by atoms with Gasteiger partial charge in [-0.15, -0.1) is 0 Å². The van der Waals surface area contributed by atoms with Crippen molar-refractivity contribution >= 4 is 0 Å². The molecule has 9 nitrogen and oxygen atoms in total. The fraction of sp³-hybridized carbons (Fsp3) is 0.273. The van der Waals surface area contributed by atoms with Crippen LogP contribution >= 0.6 is 0 Å². The molecular formula is C22H21F3N6O3. The van der Waals surface area contributed by atoms with Crippen LogP contribution in [0, 0.1) is 6.92 Å². The molecule has 0 aliphatic carbocycles. The van der Waals surface area contributed by atoms with Crippen LogP contribution in [0.25, 0.3) is 16.9 Å². The SMILES string of the molecule is COc1cccc(-n2nnn(C)c2=O)c1COc1ccc(-c2cc(C(F)(F)F)n(C)n2)cc1C. The fourth-order valence-corrected chi connectivity index (χ4v) is 3.55. The van der Waals surface area contributed by atoms with Gasteiger partial charge in [0.05, 0.1) is 24.1 Å². The van der Waals surface area contributed by atoms with Crippen LogP contribution < -0.4 is 15.2 Å². The van der Waals surface area contributed by atoms with E-state index in [0.29, 0.717) is 33.9 Å². The van der Waals surface area contributed by atoms with Gasteiger partial charge in [-0.25, -0.2) is 4.79 Å². The molecule has 34 heavy (non-hydrogen) atoms. The lowest BCUT2D eigenvalue weighted by molar-refractivity contribution is -0.143. The molecule has 12 heteroatoms. The highest BCUT2D eigenvalue weighted by Gasteiger charge is 2.35. The second-order valence-corrected chi connectivity index (χ2v) is 7.56. The summed E-state index contributed by atoms with van der Waals surface area (Å²) in [5.74, 6) is 1.01. The third-order valence-electron chi connectivity index (χ3n) is 5.29. The zero-order chi connectivity index (χ0) is 24.6. The lowest BCUT2D eigenvalue weighted by Crippen LogP contribution is -2.23. The van der Waals surface area contributed by atoms with Gasteiger partial charge >= 0.3 is 11.9 Å². The predicted molar refractivity (Wildman–Crippen MR) is 116 cm³/mol. The second-order valence-electron chi connectivity index (χ2n) is 7.56. The van der Waals surface area contributed by atoms with Crippen LogP contribution in [0.3, 0.4) is 0 Å². The summed E-state index contributed by atoms with van der Waals surface area (Å²) >= 11 is 0. The Labute approximate surface area is 191 Å². The first-order valence-electron chi connectivity index (χ1n) is 10.1. The van der Waals surface area contributed by atoms with Crippen molar-refractivity contribution in [2.45, 2.75) is 19.7 Å². The normalized spacial score (nSPS) is 11.6. The Morgan fingerprint density at radius 1 is 1.00 bits per heavy atom. The van der Waals surface area contributed by atoms with E-state index < -0.39 is 17.6 Å². The third kappa shape index (κ3) is 4.26. The molecule has 0 radical (unpaired) electrons. The molecule has 4 aromatic rings. The van der Waals surface area contributed by atoms with Gasteiger partial charge in [-0.05, 0) is 59.3 Å². The summed E-state index contributed by atoms with van der Waals surface area (Å²) < 4.78 is 53.8. The first-order valence-corrected chi connectivity index (χ1v) is 10.1. The van der Waals surface area contributed by atoms with Crippen LogP contribution in [0.5, 0.6) is 11.5 Å². The van der Waals surface area contributed by atoms with Gasteiger partial charge in [0.2, 0.25) is 0 Å². The number of benzene rings is 2. The molecule has 0 saturated heterocycles. The van der Waals surface area contributed by atoms with Crippen molar-refractivity contribution in [1.29, 1.82) is 0 Å². The third-order valence-corrected chi connectivity index (χ3v) is 5.29. The summed E-state index contributed by atoms with van der Waals surface area (Å²) in [6.45, 7) is 1.83. The highest BCUT2D eigenvalue weighted by Crippen LogP contribution is 2.33. The molecule has 0 saturated carbocycles. The zero-order valence-electron chi connectivity index (χ0n) is 18.8. The predicted octanol–water partition coefficient (Wildman–Crippen LogP) is 3.28. The number of ether oxygens (including phenoxy) is 2. The minimum atomic E-state index is -4.49. The van der Waals surface area contributed by atoms with E-state index in [1.165, 1.54) is 21.2 Å². The summed E-state index contributed by atoms with van der Waals surface area (Å²) in [5.41, 5.74) is 1.21. The van der Waals surface area contributed by atoms with E-state index in [-0.39, 0.29) is 12.3 Å². The minimum Gasteiger partial charge on any atom is -0.496 e. The lowest BCUT2D eigenvalue weighted by Gasteiger charge is -2.15. The first kappa shape index (κ1) is 23.1. The number of hydrogen-bond donors (Lipinski definition) is 0. The van der Waals surface area contributed by atoms with Crippen LogP contribution in [0.15, 0.2) is 47.3 Å². The Kier molecular flexibility index (Phi) is 5.90. The molecule has 2 aromatic heterocycles. The Morgan fingerprint density at radius 3 is 2.35 bits per heavy atom. The number of alkyl halides is 3. The van der Waals surface area contributed by atoms with Gasteiger partial charge < -0.3 is 9.47 Å². The molecular weight excluding hydrogens is 453 g/mol. The van der Waals surface area contributed by atoms with E-state index in [1.54, 1.807) is 43.3 Å². The first-order chi connectivity index (χ1) is 16.1. The molecule has 2 heterocycles. The number of rotatable bonds is 6. The van der Waals surface area contributed by atoms with Crippen LogP contribution in [-0.4, -0.2) is 36.7 Å². The number of nitrogens with zero attached hydrogens (tertiary/aromatic N) is 6. The molecule has 0 aliphatic rings. The quantitative estimate of drug-likeness (QED) is 0.426. The van der Waals surface area contributed by atoms with Gasteiger partial charge in [-0.1, -0.05) is 6.07 Å². The summed E-state index contributed by atoms with van der Waals surface area (Å²) in [4.78, 5) is 12.4. The molecule has 0 unspecified atom stereocenters. The summed E-state index contributed by atoms with van der Waals surface area (Å²) in [5, 5.41) is 11.6. The molecule has 4 rings (SSSR count). The molecule has 0 bridgehead atoms. The largest absolute Gasteiger partial charge is 0.496 e. The number of hydrogen-bond acceptors (Lipinski definition) is 6. The molecule has 0 atom stereocenters. The second kappa shape index (κ2) is 8.69. The molecule has 2 aromatic carbocycles. The summed E-state index contributed by atoms with van der Waals surface area (Å²) in [6.07, 6.45) is -4.49. The molecule has 0 amide bonds. The number of methoxy groups -OCH3 is 1. The number of aryl methyl sites for hydroxylation is 3. The Morgan fingerprint density at radius 2 is 1.76 bits per heavy atom. The van der Waals surface area contributed by atoms with Crippen molar-refractivity contribution in [2.75, 3.05) is 7.11 Å². The minimum absolute atomic E-state index is 0.0460. The average molecular weight is 474 g/mol. The number of aromatic nitrogens is 6. The maximum atomic E-state index is 13.1. The van der Waals surface area contributed by atoms with Crippen LogP contribution in [-0.2, 0) is 26.9 Å². The van der Waals surface area contributed by atoms with Gasteiger partial charge in [0, 0.05) is 19.7 Å². The highest BCUT2D eigenvalue weighted by atomic mass is 19.4.